The molecule has 3 N–H and O–H groups in total. The van der Waals surface area contributed by atoms with Crippen LogP contribution in [0.5, 0.6) is 0 Å². The number of hydrogen-bond acceptors (Lipinski definition) is 4. The maximum absolute atomic E-state index is 13.3. The van der Waals surface area contributed by atoms with E-state index in [0.29, 0.717) is 13.0 Å². The van der Waals surface area contributed by atoms with E-state index in [9.17, 15) is 12.8 Å². The zero-order valence-corrected chi connectivity index (χ0v) is 10.9. The lowest BCUT2D eigenvalue weighted by atomic mass is 10.2. The maximum Gasteiger partial charge on any atom is 0.261 e. The van der Waals surface area contributed by atoms with Gasteiger partial charge in [0.1, 0.15) is 0 Å². The zero-order chi connectivity index (χ0) is 13.4. The van der Waals surface area contributed by atoms with Gasteiger partial charge in [0.15, 0.2) is 5.82 Å². The molecule has 1 heterocycles. The Morgan fingerprint density at radius 1 is 1.28 bits per heavy atom. The molecule has 0 aliphatic carbocycles. The first kappa shape index (κ1) is 15.0. The first-order valence-electron chi connectivity index (χ1n) is 5.88. The van der Waals surface area contributed by atoms with Crippen LogP contribution in [0.3, 0.4) is 0 Å². The van der Waals surface area contributed by atoms with Gasteiger partial charge in [-0.2, -0.15) is 0 Å². The SMILES string of the molecule is NCCCCCCNS(=O)(=O)c1ncccc1F. The molecular weight excluding hydrogens is 257 g/mol. The van der Waals surface area contributed by atoms with Gasteiger partial charge in [-0.15, -0.1) is 0 Å². The van der Waals surface area contributed by atoms with E-state index in [4.69, 9.17) is 5.73 Å². The van der Waals surface area contributed by atoms with E-state index in [0.717, 1.165) is 25.3 Å². The molecule has 0 saturated heterocycles. The smallest absolute Gasteiger partial charge is 0.261 e. The summed E-state index contributed by atoms with van der Waals surface area (Å²) in [5, 5.41) is -0.549. The molecule has 0 fully saturated rings. The standard InChI is InChI=1S/C11H18FN3O2S/c12-10-6-5-8-14-11(10)18(16,17)15-9-4-2-1-3-7-13/h5-6,8,15H,1-4,7,9,13H2. The van der Waals surface area contributed by atoms with Crippen molar-refractivity contribution < 1.29 is 12.8 Å². The molecule has 1 aromatic rings. The van der Waals surface area contributed by atoms with Gasteiger partial charge in [0, 0.05) is 12.7 Å². The Kier molecular flexibility index (Phi) is 6.17. The van der Waals surface area contributed by atoms with Crippen molar-refractivity contribution in [2.45, 2.75) is 30.7 Å². The van der Waals surface area contributed by atoms with Crippen LogP contribution in [0.1, 0.15) is 25.7 Å². The summed E-state index contributed by atoms with van der Waals surface area (Å²) < 4.78 is 39.0. The fourth-order valence-electron chi connectivity index (χ4n) is 1.47. The normalized spacial score (nSPS) is 11.7. The Morgan fingerprint density at radius 3 is 2.67 bits per heavy atom. The summed E-state index contributed by atoms with van der Waals surface area (Å²) in [6.45, 7) is 0.924. The van der Waals surface area contributed by atoms with E-state index in [1.807, 2.05) is 0 Å². The van der Waals surface area contributed by atoms with Gasteiger partial charge in [-0.1, -0.05) is 12.8 Å². The molecule has 0 unspecified atom stereocenters. The van der Waals surface area contributed by atoms with Crippen molar-refractivity contribution in [2.24, 2.45) is 5.73 Å². The quantitative estimate of drug-likeness (QED) is 0.694. The molecule has 0 bridgehead atoms. The molecule has 0 aliphatic rings. The minimum absolute atomic E-state index is 0.281. The molecule has 0 saturated carbocycles. The summed E-state index contributed by atoms with van der Waals surface area (Å²) in [4.78, 5) is 3.54. The highest BCUT2D eigenvalue weighted by atomic mass is 32.2. The summed E-state index contributed by atoms with van der Waals surface area (Å²) >= 11 is 0. The molecule has 7 heteroatoms. The Bertz CT molecular complexity index is 465. The van der Waals surface area contributed by atoms with Crippen molar-refractivity contribution in [3.8, 4) is 0 Å². The second-order valence-corrected chi connectivity index (χ2v) is 5.57. The molecule has 0 aromatic carbocycles. The monoisotopic (exact) mass is 275 g/mol. The van der Waals surface area contributed by atoms with E-state index in [1.54, 1.807) is 0 Å². The number of pyridine rings is 1. The number of aromatic nitrogens is 1. The molecule has 102 valence electrons. The van der Waals surface area contributed by atoms with Crippen molar-refractivity contribution in [1.82, 2.24) is 9.71 Å². The maximum atomic E-state index is 13.3. The zero-order valence-electron chi connectivity index (χ0n) is 10.1. The summed E-state index contributed by atoms with van der Waals surface area (Å²) in [6.07, 6.45) is 4.74. The first-order valence-corrected chi connectivity index (χ1v) is 7.36. The van der Waals surface area contributed by atoms with E-state index in [-0.39, 0.29) is 6.54 Å². The summed E-state index contributed by atoms with van der Waals surface area (Å²) in [7, 11) is -3.84. The molecule has 18 heavy (non-hydrogen) atoms. The fourth-order valence-corrected chi connectivity index (χ4v) is 2.54. The summed E-state index contributed by atoms with van der Waals surface area (Å²) in [5.74, 6) is -0.840. The number of nitrogens with two attached hydrogens (primary N) is 1. The number of rotatable bonds is 8. The molecule has 0 spiro atoms. The highest BCUT2D eigenvalue weighted by Gasteiger charge is 2.19. The van der Waals surface area contributed by atoms with Crippen LogP contribution in [0.15, 0.2) is 23.4 Å². The number of halogens is 1. The van der Waals surface area contributed by atoms with Crippen LogP contribution in [0.2, 0.25) is 0 Å². The average molecular weight is 275 g/mol. The molecule has 0 aliphatic heterocycles. The number of nitrogens with one attached hydrogen (secondary N) is 1. The largest absolute Gasteiger partial charge is 0.330 e. The van der Waals surface area contributed by atoms with Crippen molar-refractivity contribution in [2.75, 3.05) is 13.1 Å². The van der Waals surface area contributed by atoms with Crippen LogP contribution >= 0.6 is 0 Å². The van der Waals surface area contributed by atoms with Gasteiger partial charge in [0.05, 0.1) is 0 Å². The molecular formula is C11H18FN3O2S. The van der Waals surface area contributed by atoms with Crippen LogP contribution in [-0.4, -0.2) is 26.5 Å². The lowest BCUT2D eigenvalue weighted by molar-refractivity contribution is 0.540. The number of hydrogen-bond donors (Lipinski definition) is 2. The highest BCUT2D eigenvalue weighted by Crippen LogP contribution is 2.09. The Morgan fingerprint density at radius 2 is 2.00 bits per heavy atom. The molecule has 0 amide bonds. The third-order valence-corrected chi connectivity index (χ3v) is 3.80. The van der Waals surface area contributed by atoms with Crippen LogP contribution in [0, 0.1) is 5.82 Å². The van der Waals surface area contributed by atoms with Gasteiger partial charge in [-0.3, -0.25) is 0 Å². The number of nitrogens with zero attached hydrogens (tertiary/aromatic N) is 1. The van der Waals surface area contributed by atoms with Gasteiger partial charge in [-0.05, 0) is 31.5 Å². The van der Waals surface area contributed by atoms with E-state index < -0.39 is 20.9 Å². The fraction of sp³-hybridized carbons (Fsp3) is 0.545. The first-order chi connectivity index (χ1) is 8.58. The number of unbranched alkanes of at least 4 members (excludes halogenated alkanes) is 3. The van der Waals surface area contributed by atoms with Gasteiger partial charge in [0.25, 0.3) is 10.0 Å². The topological polar surface area (TPSA) is 85.1 Å². The highest BCUT2D eigenvalue weighted by molar-refractivity contribution is 7.89. The Hall–Kier alpha value is -1.05. The van der Waals surface area contributed by atoms with Gasteiger partial charge in [-0.25, -0.2) is 22.5 Å². The minimum atomic E-state index is -3.84. The molecule has 0 radical (unpaired) electrons. The molecule has 1 rings (SSSR count). The van der Waals surface area contributed by atoms with Crippen LogP contribution in [0.25, 0.3) is 0 Å². The van der Waals surface area contributed by atoms with Gasteiger partial charge in [0.2, 0.25) is 5.03 Å². The lowest BCUT2D eigenvalue weighted by Gasteiger charge is -2.06. The Balaban J connectivity index is 2.44. The predicted octanol–water partition coefficient (Wildman–Crippen LogP) is 1.02. The second-order valence-electron chi connectivity index (χ2n) is 3.89. The molecule has 0 atom stereocenters. The van der Waals surface area contributed by atoms with Crippen molar-refractivity contribution in [1.29, 1.82) is 0 Å². The predicted molar refractivity (Wildman–Crippen MR) is 66.9 cm³/mol. The minimum Gasteiger partial charge on any atom is -0.330 e. The third kappa shape index (κ3) is 4.67. The second kappa shape index (κ2) is 7.40. The van der Waals surface area contributed by atoms with Crippen molar-refractivity contribution >= 4 is 10.0 Å². The summed E-state index contributed by atoms with van der Waals surface area (Å²) in [6, 6.07) is 2.42. The Labute approximate surface area is 107 Å². The van der Waals surface area contributed by atoms with E-state index in [2.05, 4.69) is 9.71 Å². The number of sulfonamides is 1. The average Bonchev–Trinajstić information content (AvgIpc) is 2.34. The van der Waals surface area contributed by atoms with Crippen LogP contribution < -0.4 is 10.5 Å². The van der Waals surface area contributed by atoms with Crippen molar-refractivity contribution in [3.05, 3.63) is 24.1 Å². The van der Waals surface area contributed by atoms with E-state index in [1.165, 1.54) is 12.3 Å². The van der Waals surface area contributed by atoms with Crippen LogP contribution in [0.4, 0.5) is 4.39 Å². The third-order valence-electron chi connectivity index (χ3n) is 2.40. The van der Waals surface area contributed by atoms with Crippen LogP contribution in [-0.2, 0) is 10.0 Å². The molecule has 1 aromatic heterocycles. The lowest BCUT2D eigenvalue weighted by Crippen LogP contribution is -2.26. The molecule has 5 nitrogen and oxygen atoms in total. The summed E-state index contributed by atoms with van der Waals surface area (Å²) in [5.41, 5.74) is 5.34. The van der Waals surface area contributed by atoms with Crippen molar-refractivity contribution in [3.63, 3.8) is 0 Å². The van der Waals surface area contributed by atoms with Gasteiger partial charge < -0.3 is 5.73 Å². The van der Waals surface area contributed by atoms with Gasteiger partial charge >= 0.3 is 0 Å². The van der Waals surface area contributed by atoms with E-state index >= 15 is 0 Å².